The molecule has 10 heavy (non-hydrogen) atoms. The number of nitriles is 1. The van der Waals surface area contributed by atoms with Gasteiger partial charge in [0.25, 0.3) is 0 Å². The van der Waals surface area contributed by atoms with Crippen LogP contribution in [0, 0.1) is 11.3 Å². The van der Waals surface area contributed by atoms with Crippen LogP contribution in [0.5, 0.6) is 0 Å². The van der Waals surface area contributed by atoms with E-state index in [0.29, 0.717) is 6.42 Å². The summed E-state index contributed by atoms with van der Waals surface area (Å²) in [5.74, 6) is 0. The monoisotopic (exact) mass is 197 g/mol. The van der Waals surface area contributed by atoms with Gasteiger partial charge >= 0.3 is 0 Å². The van der Waals surface area contributed by atoms with E-state index < -0.39 is 14.8 Å². The van der Waals surface area contributed by atoms with Crippen LogP contribution in [0.1, 0.15) is 12.8 Å². The highest BCUT2D eigenvalue weighted by Crippen LogP contribution is 2.03. The third-order valence-corrected chi connectivity index (χ3v) is 2.96. The minimum Gasteiger partial charge on any atom is -0.397 e. The molecule has 0 saturated carbocycles. The van der Waals surface area contributed by atoms with Crippen LogP contribution in [0.2, 0.25) is 6.04 Å². The second-order valence-electron chi connectivity index (χ2n) is 1.75. The van der Waals surface area contributed by atoms with Crippen molar-refractivity contribution in [3.63, 3.8) is 0 Å². The Bertz CT molecular complexity index is 115. The Morgan fingerprint density at radius 1 is 1.60 bits per heavy atom. The lowest BCUT2D eigenvalue weighted by atomic mass is 10.4. The number of hydrogen-bond donors (Lipinski definition) is 0. The van der Waals surface area contributed by atoms with Gasteiger partial charge in [-0.2, -0.15) is 5.26 Å². The van der Waals surface area contributed by atoms with E-state index in [2.05, 4.69) is 6.07 Å². The Labute approximate surface area is 73.0 Å². The van der Waals surface area contributed by atoms with Gasteiger partial charge in [0.05, 0.1) is 6.07 Å². The lowest BCUT2D eigenvalue weighted by molar-refractivity contribution is 0.375. The maximum atomic E-state index is 8.15. The predicted octanol–water partition coefficient (Wildman–Crippen LogP) is 1.57. The average Bonchev–Trinajstić information content (AvgIpc) is 1.87. The summed E-state index contributed by atoms with van der Waals surface area (Å²) >= 11 is 10.6. The van der Waals surface area contributed by atoms with Gasteiger partial charge in [-0.25, -0.2) is 0 Å². The van der Waals surface area contributed by atoms with Gasteiger partial charge in [-0.05, 0) is 12.5 Å². The van der Waals surface area contributed by atoms with E-state index in [1.165, 1.54) is 0 Å². The van der Waals surface area contributed by atoms with Gasteiger partial charge in [-0.1, -0.05) is 23.2 Å². The highest BCUT2D eigenvalue weighted by Gasteiger charge is 1.96. The summed E-state index contributed by atoms with van der Waals surface area (Å²) in [5.41, 5.74) is 0. The quantitative estimate of drug-likeness (QED) is 0.381. The minimum absolute atomic E-state index is 0.571. The largest absolute Gasteiger partial charge is 0.397 e. The lowest BCUT2D eigenvalue weighted by Gasteiger charge is -2.00. The lowest BCUT2D eigenvalue weighted by Crippen LogP contribution is -2.01. The van der Waals surface area contributed by atoms with Crippen LogP contribution < -0.4 is 0 Å². The predicted molar refractivity (Wildman–Crippen MR) is 44.8 cm³/mol. The molecule has 0 heterocycles. The summed E-state index contributed by atoms with van der Waals surface area (Å²) in [5, 5.41) is 7.47. The summed E-state index contributed by atoms with van der Waals surface area (Å²) < 4.78 is 4.95. The SMILES string of the molecule is N#CCCC[SiH2]OC(Cl)Cl. The zero-order valence-corrected chi connectivity index (χ0v) is 8.44. The molecule has 0 aromatic heterocycles. The normalized spacial score (nSPS) is 11.0. The maximum absolute atomic E-state index is 8.15. The molecule has 0 unspecified atom stereocenters. The van der Waals surface area contributed by atoms with Crippen LogP contribution >= 0.6 is 23.2 Å². The van der Waals surface area contributed by atoms with E-state index in [0.717, 1.165) is 12.5 Å². The zero-order valence-electron chi connectivity index (χ0n) is 5.52. The second-order valence-corrected chi connectivity index (χ2v) is 4.21. The van der Waals surface area contributed by atoms with Crippen molar-refractivity contribution in [1.82, 2.24) is 0 Å². The van der Waals surface area contributed by atoms with Crippen LogP contribution in [0.3, 0.4) is 0 Å². The molecule has 0 spiro atoms. The number of nitrogens with zero attached hydrogens (tertiary/aromatic N) is 1. The van der Waals surface area contributed by atoms with Gasteiger partial charge < -0.3 is 4.43 Å². The molecular formula is C5H9Cl2NOSi. The fourth-order valence-corrected chi connectivity index (χ4v) is 1.81. The van der Waals surface area contributed by atoms with Crippen molar-refractivity contribution in [2.24, 2.45) is 0 Å². The van der Waals surface area contributed by atoms with Gasteiger partial charge in [-0.15, -0.1) is 0 Å². The molecule has 0 amide bonds. The van der Waals surface area contributed by atoms with Crippen molar-refractivity contribution >= 4 is 33.0 Å². The third kappa shape index (κ3) is 8.25. The van der Waals surface area contributed by atoms with E-state index in [1.54, 1.807) is 0 Å². The summed E-state index contributed by atoms with van der Waals surface area (Å²) in [6.07, 6.45) is 1.51. The Morgan fingerprint density at radius 3 is 2.80 bits per heavy atom. The highest BCUT2D eigenvalue weighted by molar-refractivity contribution is 6.45. The molecule has 0 aliphatic rings. The average molecular weight is 198 g/mol. The van der Waals surface area contributed by atoms with Crippen molar-refractivity contribution in [3.05, 3.63) is 0 Å². The molecule has 58 valence electrons. The molecular weight excluding hydrogens is 189 g/mol. The number of unbranched alkanes of at least 4 members (excludes halogenated alkanes) is 1. The molecule has 0 radical (unpaired) electrons. The van der Waals surface area contributed by atoms with Crippen molar-refractivity contribution in [1.29, 1.82) is 5.26 Å². The third-order valence-electron chi connectivity index (χ3n) is 0.927. The standard InChI is InChI=1S/C5H9Cl2NOSi/c6-5(7)9-10-4-2-1-3-8/h5H,1-2,4,10H2. The van der Waals surface area contributed by atoms with Gasteiger partial charge in [0, 0.05) is 6.42 Å². The van der Waals surface area contributed by atoms with Crippen LogP contribution in [0.4, 0.5) is 0 Å². The van der Waals surface area contributed by atoms with Crippen molar-refractivity contribution in [2.75, 3.05) is 0 Å². The summed E-state index contributed by atoms with van der Waals surface area (Å²) in [4.78, 5) is 0. The molecule has 2 nitrogen and oxygen atoms in total. The minimum atomic E-state index is -0.672. The van der Waals surface area contributed by atoms with Gasteiger partial charge in [-0.3, -0.25) is 0 Å². The Balaban J connectivity index is 2.86. The molecule has 0 saturated heterocycles. The van der Waals surface area contributed by atoms with Gasteiger partial charge in [0.15, 0.2) is 14.8 Å². The van der Waals surface area contributed by atoms with Crippen LogP contribution in [0.15, 0.2) is 0 Å². The van der Waals surface area contributed by atoms with E-state index in [9.17, 15) is 0 Å². The van der Waals surface area contributed by atoms with Crippen molar-refractivity contribution < 1.29 is 4.43 Å². The Morgan fingerprint density at radius 2 is 2.30 bits per heavy atom. The number of alkyl halides is 2. The molecule has 0 aliphatic heterocycles. The van der Waals surface area contributed by atoms with E-state index in [-0.39, 0.29) is 0 Å². The first-order valence-electron chi connectivity index (χ1n) is 3.04. The highest BCUT2D eigenvalue weighted by atomic mass is 35.5. The topological polar surface area (TPSA) is 33.0 Å². The summed E-state index contributed by atoms with van der Waals surface area (Å²) in [6, 6.07) is 3.03. The number of halogens is 2. The van der Waals surface area contributed by atoms with Crippen molar-refractivity contribution in [3.8, 4) is 6.07 Å². The summed E-state index contributed by atoms with van der Waals surface area (Å²) in [7, 11) is -0.571. The molecule has 5 heteroatoms. The van der Waals surface area contributed by atoms with E-state index >= 15 is 0 Å². The van der Waals surface area contributed by atoms with E-state index in [4.69, 9.17) is 32.9 Å². The molecule has 0 aromatic rings. The molecule has 0 rings (SSSR count). The number of rotatable bonds is 5. The summed E-state index contributed by atoms with van der Waals surface area (Å²) in [6.45, 7) is 0. The molecule has 0 bridgehead atoms. The van der Waals surface area contributed by atoms with Crippen molar-refractivity contribution in [2.45, 2.75) is 23.9 Å². The van der Waals surface area contributed by atoms with Gasteiger partial charge in [0.2, 0.25) is 0 Å². The van der Waals surface area contributed by atoms with Crippen LogP contribution in [-0.2, 0) is 4.43 Å². The Kier molecular flexibility index (Phi) is 7.54. The zero-order chi connectivity index (χ0) is 7.82. The first-order valence-corrected chi connectivity index (χ1v) is 5.49. The number of hydrogen-bond acceptors (Lipinski definition) is 2. The smallest absolute Gasteiger partial charge is 0.197 e. The first-order chi connectivity index (χ1) is 4.77. The van der Waals surface area contributed by atoms with Crippen LogP contribution in [-0.4, -0.2) is 14.8 Å². The van der Waals surface area contributed by atoms with Gasteiger partial charge in [0.1, 0.15) is 0 Å². The van der Waals surface area contributed by atoms with Crippen LogP contribution in [0.25, 0.3) is 0 Å². The molecule has 0 N–H and O–H groups in total. The first kappa shape index (κ1) is 10.2. The fraction of sp³-hybridized carbons (Fsp3) is 0.800. The second kappa shape index (κ2) is 7.36. The Hall–Kier alpha value is 0.247. The molecule has 0 atom stereocenters. The maximum Gasteiger partial charge on any atom is 0.197 e. The van der Waals surface area contributed by atoms with E-state index in [1.807, 2.05) is 0 Å². The molecule has 0 aromatic carbocycles. The molecule has 0 aliphatic carbocycles. The molecule has 0 fully saturated rings. The fourth-order valence-electron chi connectivity index (χ4n) is 0.479.